The summed E-state index contributed by atoms with van der Waals surface area (Å²) in [7, 11) is 0. The van der Waals surface area contributed by atoms with E-state index in [-0.39, 0.29) is 5.91 Å². The molecule has 0 fully saturated rings. The second-order valence-corrected chi connectivity index (χ2v) is 6.51. The molecule has 1 heterocycles. The van der Waals surface area contributed by atoms with Gasteiger partial charge in [0.1, 0.15) is 5.82 Å². The second kappa shape index (κ2) is 6.85. The molecule has 0 aliphatic carbocycles. The molecule has 0 saturated heterocycles. The van der Waals surface area contributed by atoms with Crippen molar-refractivity contribution < 1.29 is 4.79 Å². The molecule has 0 bridgehead atoms. The van der Waals surface area contributed by atoms with Crippen molar-refractivity contribution >= 4 is 5.91 Å². The van der Waals surface area contributed by atoms with Gasteiger partial charge in [-0.3, -0.25) is 4.79 Å². The van der Waals surface area contributed by atoms with Crippen molar-refractivity contribution in [2.45, 2.75) is 26.3 Å². The summed E-state index contributed by atoms with van der Waals surface area (Å²) >= 11 is 0. The Bertz CT molecular complexity index is 871. The fraction of sp³-hybridized carbons (Fsp3) is 0.190. The van der Waals surface area contributed by atoms with E-state index in [4.69, 9.17) is 0 Å². The highest BCUT2D eigenvalue weighted by Gasteiger charge is 2.23. The van der Waals surface area contributed by atoms with Gasteiger partial charge in [0.25, 0.3) is 5.91 Å². The van der Waals surface area contributed by atoms with E-state index in [1.54, 1.807) is 6.20 Å². The van der Waals surface area contributed by atoms with Crippen LogP contribution in [0.2, 0.25) is 0 Å². The van der Waals surface area contributed by atoms with E-state index in [1.807, 2.05) is 81.4 Å². The van der Waals surface area contributed by atoms with Crippen LogP contribution < -0.4 is 5.32 Å². The van der Waals surface area contributed by atoms with Crippen LogP contribution in [0.5, 0.6) is 0 Å². The van der Waals surface area contributed by atoms with Crippen LogP contribution in [0.25, 0.3) is 11.3 Å². The summed E-state index contributed by atoms with van der Waals surface area (Å²) in [6.07, 6.45) is 1.74. The van der Waals surface area contributed by atoms with Crippen LogP contribution in [-0.2, 0) is 5.54 Å². The number of nitrogens with zero attached hydrogens (tertiary/aromatic N) is 2. The third kappa shape index (κ3) is 3.91. The summed E-state index contributed by atoms with van der Waals surface area (Å²) in [6, 6.07) is 19.3. The Kier molecular flexibility index (Phi) is 4.61. The monoisotopic (exact) mass is 331 g/mol. The first-order chi connectivity index (χ1) is 12.0. The molecule has 25 heavy (non-hydrogen) atoms. The molecule has 0 unspecified atom stereocenters. The highest BCUT2D eigenvalue weighted by Crippen LogP contribution is 2.21. The SMILES string of the molecule is Cc1nccc(-c2ccc(C(=O)NC(C)(C)c3ccccc3)cc2)n1. The van der Waals surface area contributed by atoms with Crippen LogP contribution in [0.4, 0.5) is 0 Å². The molecule has 1 amide bonds. The lowest BCUT2D eigenvalue weighted by atomic mass is 9.94. The molecular weight excluding hydrogens is 310 g/mol. The van der Waals surface area contributed by atoms with Gasteiger partial charge in [-0.25, -0.2) is 9.97 Å². The number of aryl methyl sites for hydroxylation is 1. The molecule has 0 radical (unpaired) electrons. The molecule has 4 nitrogen and oxygen atoms in total. The lowest BCUT2D eigenvalue weighted by molar-refractivity contribution is 0.0912. The van der Waals surface area contributed by atoms with Crippen molar-refractivity contribution in [3.63, 3.8) is 0 Å². The minimum Gasteiger partial charge on any atom is -0.343 e. The minimum atomic E-state index is -0.444. The molecule has 0 aliphatic heterocycles. The summed E-state index contributed by atoms with van der Waals surface area (Å²) in [4.78, 5) is 21.1. The van der Waals surface area contributed by atoms with Crippen molar-refractivity contribution in [2.75, 3.05) is 0 Å². The highest BCUT2D eigenvalue weighted by atomic mass is 16.1. The van der Waals surface area contributed by atoms with Crippen molar-refractivity contribution in [3.8, 4) is 11.3 Å². The van der Waals surface area contributed by atoms with Gasteiger partial charge in [-0.1, -0.05) is 42.5 Å². The first kappa shape index (κ1) is 16.8. The molecule has 0 saturated carbocycles. The van der Waals surface area contributed by atoms with E-state index in [1.165, 1.54) is 0 Å². The Morgan fingerprint density at radius 2 is 1.64 bits per heavy atom. The fourth-order valence-electron chi connectivity index (χ4n) is 2.69. The van der Waals surface area contributed by atoms with Crippen molar-refractivity contribution in [2.24, 2.45) is 0 Å². The van der Waals surface area contributed by atoms with Gasteiger partial charge in [-0.05, 0) is 44.5 Å². The van der Waals surface area contributed by atoms with Crippen molar-refractivity contribution in [1.29, 1.82) is 0 Å². The third-order valence-electron chi connectivity index (χ3n) is 4.14. The topological polar surface area (TPSA) is 54.9 Å². The first-order valence-electron chi connectivity index (χ1n) is 8.24. The third-order valence-corrected chi connectivity index (χ3v) is 4.14. The molecule has 2 aromatic carbocycles. The van der Waals surface area contributed by atoms with Crippen LogP contribution in [-0.4, -0.2) is 15.9 Å². The van der Waals surface area contributed by atoms with E-state index in [2.05, 4.69) is 15.3 Å². The zero-order valence-electron chi connectivity index (χ0n) is 14.7. The van der Waals surface area contributed by atoms with E-state index in [9.17, 15) is 4.79 Å². The van der Waals surface area contributed by atoms with Crippen molar-refractivity contribution in [3.05, 3.63) is 83.8 Å². The summed E-state index contributed by atoms with van der Waals surface area (Å²) in [5, 5.41) is 3.09. The molecular formula is C21H21N3O. The molecule has 4 heteroatoms. The quantitative estimate of drug-likeness (QED) is 0.782. The maximum absolute atomic E-state index is 12.6. The summed E-state index contributed by atoms with van der Waals surface area (Å²) < 4.78 is 0. The average molecular weight is 331 g/mol. The predicted octanol–water partition coefficient (Wildman–Crippen LogP) is 4.12. The number of benzene rings is 2. The van der Waals surface area contributed by atoms with Crippen LogP contribution in [0.1, 0.15) is 35.6 Å². The van der Waals surface area contributed by atoms with Gasteiger partial charge in [-0.15, -0.1) is 0 Å². The Morgan fingerprint density at radius 1 is 0.960 bits per heavy atom. The number of aromatic nitrogens is 2. The molecule has 3 rings (SSSR count). The minimum absolute atomic E-state index is 0.0979. The van der Waals surface area contributed by atoms with Crippen molar-refractivity contribution in [1.82, 2.24) is 15.3 Å². The number of hydrogen-bond acceptors (Lipinski definition) is 3. The largest absolute Gasteiger partial charge is 0.343 e. The number of nitrogens with one attached hydrogen (secondary N) is 1. The zero-order valence-corrected chi connectivity index (χ0v) is 14.7. The lowest BCUT2D eigenvalue weighted by Crippen LogP contribution is -2.40. The normalized spacial score (nSPS) is 11.2. The van der Waals surface area contributed by atoms with Gasteiger partial charge in [0.05, 0.1) is 11.2 Å². The maximum atomic E-state index is 12.6. The second-order valence-electron chi connectivity index (χ2n) is 6.51. The predicted molar refractivity (Wildman–Crippen MR) is 99.1 cm³/mol. The van der Waals surface area contributed by atoms with Gasteiger partial charge < -0.3 is 5.32 Å². The fourth-order valence-corrected chi connectivity index (χ4v) is 2.69. The maximum Gasteiger partial charge on any atom is 0.251 e. The highest BCUT2D eigenvalue weighted by molar-refractivity contribution is 5.95. The Labute approximate surface area is 148 Å². The van der Waals surface area contributed by atoms with Crippen LogP contribution in [0, 0.1) is 6.92 Å². The number of carbonyl (C=O) groups excluding carboxylic acids is 1. The smallest absolute Gasteiger partial charge is 0.251 e. The molecule has 1 aromatic heterocycles. The molecule has 3 aromatic rings. The molecule has 1 N–H and O–H groups in total. The Morgan fingerprint density at radius 3 is 2.28 bits per heavy atom. The van der Waals surface area contributed by atoms with Crippen LogP contribution in [0.3, 0.4) is 0 Å². The van der Waals surface area contributed by atoms with E-state index >= 15 is 0 Å². The molecule has 0 aliphatic rings. The van der Waals surface area contributed by atoms with Crippen LogP contribution in [0.15, 0.2) is 66.9 Å². The Hall–Kier alpha value is -3.01. The Balaban J connectivity index is 1.77. The number of hydrogen-bond donors (Lipinski definition) is 1. The zero-order chi connectivity index (χ0) is 17.9. The first-order valence-corrected chi connectivity index (χ1v) is 8.24. The molecule has 0 spiro atoms. The van der Waals surface area contributed by atoms with Gasteiger partial charge in [0, 0.05) is 17.3 Å². The lowest BCUT2D eigenvalue weighted by Gasteiger charge is -2.27. The molecule has 0 atom stereocenters. The van der Waals surface area contributed by atoms with Gasteiger partial charge in [-0.2, -0.15) is 0 Å². The standard InChI is InChI=1S/C21H21N3O/c1-15-22-14-13-19(23-15)16-9-11-17(12-10-16)20(25)24-21(2,3)18-7-5-4-6-8-18/h4-14H,1-3H3,(H,24,25). The van der Waals surface area contributed by atoms with E-state index in [0.29, 0.717) is 5.56 Å². The van der Waals surface area contributed by atoms with E-state index < -0.39 is 5.54 Å². The summed E-state index contributed by atoms with van der Waals surface area (Å²) in [5.41, 5.74) is 3.06. The number of carbonyl (C=O) groups is 1. The van der Waals surface area contributed by atoms with Gasteiger partial charge >= 0.3 is 0 Å². The average Bonchev–Trinajstić information content (AvgIpc) is 2.62. The summed E-state index contributed by atoms with van der Waals surface area (Å²) in [5.74, 6) is 0.628. The van der Waals surface area contributed by atoms with E-state index in [0.717, 1.165) is 22.6 Å². The molecule has 126 valence electrons. The summed E-state index contributed by atoms with van der Waals surface area (Å²) in [6.45, 7) is 5.85. The van der Waals surface area contributed by atoms with Crippen LogP contribution >= 0.6 is 0 Å². The number of rotatable bonds is 4. The number of amides is 1. The van der Waals surface area contributed by atoms with Gasteiger partial charge in [0.2, 0.25) is 0 Å². The van der Waals surface area contributed by atoms with Gasteiger partial charge in [0.15, 0.2) is 0 Å².